The summed E-state index contributed by atoms with van der Waals surface area (Å²) in [5, 5.41) is 49.3. The van der Waals surface area contributed by atoms with E-state index in [2.05, 4.69) is 21.3 Å². The fourth-order valence-corrected chi connectivity index (χ4v) is 4.64. The number of amidine groups is 1. The molecule has 216 valence electrons. The number of carbonyl (C=O) groups excluding carboxylic acids is 3. The van der Waals surface area contributed by atoms with E-state index >= 15 is 0 Å². The van der Waals surface area contributed by atoms with Gasteiger partial charge < -0.3 is 48.1 Å². The summed E-state index contributed by atoms with van der Waals surface area (Å²) in [4.78, 5) is 49.5. The van der Waals surface area contributed by atoms with Crippen LogP contribution in [-0.4, -0.2) is 88.2 Å². The second-order valence-electron chi connectivity index (χ2n) is 9.20. The van der Waals surface area contributed by atoms with Gasteiger partial charge in [0.25, 0.3) is 0 Å². The number of carboxylic acid groups (broad SMARTS) is 1. The SMILES string of the molecule is CC(O)C(N)C(=O)NC(CC1=CCNC1C(=N)N)C(=O)NCCCCC(=O)NC(C(=O)O)C(O)c1cccs1. The third-order valence-electron chi connectivity index (χ3n) is 6.13. The minimum atomic E-state index is -1.49. The first-order chi connectivity index (χ1) is 18.4. The third kappa shape index (κ3) is 9.71. The molecule has 1 aromatic heterocycles. The lowest BCUT2D eigenvalue weighted by molar-refractivity contribution is -0.145. The lowest BCUT2D eigenvalue weighted by Gasteiger charge is -2.24. The Hall–Kier alpha value is -3.37. The quantitative estimate of drug-likeness (QED) is 0.0457. The predicted octanol–water partition coefficient (Wildman–Crippen LogP) is -1.95. The maximum Gasteiger partial charge on any atom is 0.329 e. The first kappa shape index (κ1) is 31.8. The van der Waals surface area contributed by atoms with E-state index in [4.69, 9.17) is 16.9 Å². The monoisotopic (exact) mass is 567 g/mol. The first-order valence-corrected chi connectivity index (χ1v) is 13.3. The minimum absolute atomic E-state index is 0.0287. The van der Waals surface area contributed by atoms with Crippen LogP contribution in [-0.2, 0) is 19.2 Å². The Morgan fingerprint density at radius 3 is 2.51 bits per heavy atom. The van der Waals surface area contributed by atoms with E-state index in [1.54, 1.807) is 23.6 Å². The van der Waals surface area contributed by atoms with E-state index in [1.165, 1.54) is 18.3 Å². The van der Waals surface area contributed by atoms with Crippen molar-refractivity contribution in [2.45, 2.75) is 69.0 Å². The molecule has 3 amide bonds. The Morgan fingerprint density at radius 1 is 1.21 bits per heavy atom. The highest BCUT2D eigenvalue weighted by Gasteiger charge is 2.31. The van der Waals surface area contributed by atoms with Gasteiger partial charge in [-0.3, -0.25) is 19.8 Å². The van der Waals surface area contributed by atoms with Crippen LogP contribution in [0.15, 0.2) is 29.2 Å². The summed E-state index contributed by atoms with van der Waals surface area (Å²) >= 11 is 1.18. The van der Waals surface area contributed by atoms with E-state index < -0.39 is 60.1 Å². The lowest BCUT2D eigenvalue weighted by atomic mass is 9.99. The number of carbonyl (C=O) groups is 4. The van der Waals surface area contributed by atoms with Crippen molar-refractivity contribution in [3.05, 3.63) is 34.0 Å². The third-order valence-corrected chi connectivity index (χ3v) is 7.07. The van der Waals surface area contributed by atoms with Gasteiger partial charge in [-0.05, 0) is 43.2 Å². The molecule has 6 unspecified atom stereocenters. The van der Waals surface area contributed by atoms with Crippen molar-refractivity contribution in [3.8, 4) is 0 Å². The van der Waals surface area contributed by atoms with Gasteiger partial charge >= 0.3 is 5.97 Å². The number of hydrogen-bond donors (Lipinski definition) is 10. The van der Waals surface area contributed by atoms with Gasteiger partial charge in [0.2, 0.25) is 17.7 Å². The number of aliphatic hydroxyl groups is 2. The summed E-state index contributed by atoms with van der Waals surface area (Å²) in [6.07, 6.45) is -0.00783. The van der Waals surface area contributed by atoms with Crippen molar-refractivity contribution in [2.24, 2.45) is 11.5 Å². The minimum Gasteiger partial charge on any atom is -0.480 e. The molecule has 1 aromatic rings. The molecule has 1 aliphatic rings. The van der Waals surface area contributed by atoms with Crippen LogP contribution >= 0.6 is 11.3 Å². The molecule has 2 heterocycles. The summed E-state index contributed by atoms with van der Waals surface area (Å²) in [5.74, 6) is -3.29. The van der Waals surface area contributed by atoms with Gasteiger partial charge in [0.05, 0.1) is 12.1 Å². The van der Waals surface area contributed by atoms with Crippen LogP contribution < -0.4 is 32.7 Å². The van der Waals surface area contributed by atoms with Crippen LogP contribution in [0.3, 0.4) is 0 Å². The highest BCUT2D eigenvalue weighted by Crippen LogP contribution is 2.22. The molecule has 15 heteroatoms. The van der Waals surface area contributed by atoms with E-state index in [0.717, 1.165) is 0 Å². The molecule has 14 nitrogen and oxygen atoms in total. The molecule has 0 radical (unpaired) electrons. The van der Waals surface area contributed by atoms with Crippen molar-refractivity contribution in [2.75, 3.05) is 13.1 Å². The zero-order chi connectivity index (χ0) is 29.1. The van der Waals surface area contributed by atoms with Gasteiger partial charge in [-0.15, -0.1) is 11.3 Å². The number of aliphatic hydroxyl groups excluding tert-OH is 2. The summed E-state index contributed by atoms with van der Waals surface area (Å²) in [5.41, 5.74) is 12.0. The number of nitrogens with one attached hydrogen (secondary N) is 5. The zero-order valence-corrected chi connectivity index (χ0v) is 22.4. The number of rotatable bonds is 16. The number of nitrogens with two attached hydrogens (primary N) is 2. The Labute approximate surface area is 229 Å². The van der Waals surface area contributed by atoms with Gasteiger partial charge in [-0.2, -0.15) is 0 Å². The molecule has 0 saturated heterocycles. The van der Waals surface area contributed by atoms with Crippen LogP contribution in [0.5, 0.6) is 0 Å². The smallest absolute Gasteiger partial charge is 0.329 e. The fraction of sp³-hybridized carbons (Fsp3) is 0.542. The highest BCUT2D eigenvalue weighted by molar-refractivity contribution is 7.10. The number of amides is 3. The molecule has 6 atom stereocenters. The Balaban J connectivity index is 1.87. The van der Waals surface area contributed by atoms with E-state index in [0.29, 0.717) is 29.8 Å². The van der Waals surface area contributed by atoms with Crippen LogP contribution in [0.25, 0.3) is 0 Å². The second kappa shape index (κ2) is 15.3. The van der Waals surface area contributed by atoms with Crippen molar-refractivity contribution in [1.82, 2.24) is 21.3 Å². The molecular weight excluding hydrogens is 530 g/mol. The number of aliphatic carboxylic acids is 1. The van der Waals surface area contributed by atoms with Crippen LogP contribution in [0.4, 0.5) is 0 Å². The summed E-state index contributed by atoms with van der Waals surface area (Å²) in [6, 6.07) is -1.10. The van der Waals surface area contributed by atoms with Gasteiger partial charge in [-0.1, -0.05) is 12.1 Å². The lowest BCUT2D eigenvalue weighted by Crippen LogP contribution is -2.55. The number of unbranched alkanes of at least 4 members (excludes halogenated alkanes) is 1. The average molecular weight is 568 g/mol. The maximum absolute atomic E-state index is 12.9. The maximum atomic E-state index is 12.9. The molecule has 39 heavy (non-hydrogen) atoms. The Morgan fingerprint density at radius 2 is 1.92 bits per heavy atom. The number of thiophene rings is 1. The highest BCUT2D eigenvalue weighted by atomic mass is 32.1. The molecule has 0 fully saturated rings. The van der Waals surface area contributed by atoms with Crippen LogP contribution in [0.1, 0.15) is 43.6 Å². The molecule has 12 N–H and O–H groups in total. The van der Waals surface area contributed by atoms with Crippen LogP contribution in [0, 0.1) is 5.41 Å². The van der Waals surface area contributed by atoms with Crippen molar-refractivity contribution in [3.63, 3.8) is 0 Å². The van der Waals surface area contributed by atoms with Gasteiger partial charge in [-0.25, -0.2) is 4.79 Å². The van der Waals surface area contributed by atoms with Crippen LogP contribution in [0.2, 0.25) is 0 Å². The van der Waals surface area contributed by atoms with Crippen molar-refractivity contribution < 1.29 is 34.5 Å². The van der Waals surface area contributed by atoms with Crippen molar-refractivity contribution >= 4 is 40.9 Å². The van der Waals surface area contributed by atoms with E-state index in [-0.39, 0.29) is 25.2 Å². The number of carboxylic acids is 1. The molecule has 0 aliphatic carbocycles. The molecule has 0 aromatic carbocycles. The van der Waals surface area contributed by atoms with E-state index in [9.17, 15) is 34.5 Å². The van der Waals surface area contributed by atoms with Gasteiger partial charge in [0.1, 0.15) is 24.0 Å². The van der Waals surface area contributed by atoms with Gasteiger partial charge in [0, 0.05) is 24.4 Å². The summed E-state index contributed by atoms with van der Waals surface area (Å²) < 4.78 is 0. The molecule has 0 bridgehead atoms. The largest absolute Gasteiger partial charge is 0.480 e. The second-order valence-corrected chi connectivity index (χ2v) is 10.2. The van der Waals surface area contributed by atoms with Gasteiger partial charge in [0.15, 0.2) is 6.04 Å². The Kier molecular flexibility index (Phi) is 12.5. The predicted molar refractivity (Wildman–Crippen MR) is 144 cm³/mol. The van der Waals surface area contributed by atoms with Crippen molar-refractivity contribution in [1.29, 1.82) is 5.41 Å². The topological polar surface area (TPSA) is 253 Å². The zero-order valence-electron chi connectivity index (χ0n) is 21.6. The molecular formula is C24H37N7O7S. The first-order valence-electron chi connectivity index (χ1n) is 12.4. The van der Waals surface area contributed by atoms with E-state index in [1.807, 2.05) is 0 Å². The molecule has 0 saturated carbocycles. The number of hydrogen-bond acceptors (Lipinski definition) is 10. The molecule has 1 aliphatic heterocycles. The Bertz CT molecular complexity index is 1050. The average Bonchev–Trinajstić information content (AvgIpc) is 3.58. The summed E-state index contributed by atoms with van der Waals surface area (Å²) in [6.45, 7) is 1.96. The summed E-state index contributed by atoms with van der Waals surface area (Å²) in [7, 11) is 0. The molecule has 0 spiro atoms. The standard InChI is InChI=1S/C24H37N7O7S/c1-12(32)17(25)23(36)30-14(11-13-7-9-28-18(13)21(26)27)22(35)29-8-3-2-6-16(33)31-19(24(37)38)20(34)15-5-4-10-39-15/h4-5,7,10,12,14,17-20,28,32,34H,2-3,6,8-9,11,25H2,1H3,(H3,26,27)(H,29,35)(H,30,36)(H,31,33)(H,37,38). The fourth-order valence-electron chi connectivity index (χ4n) is 3.89. The molecule has 2 rings (SSSR count). The normalized spacial score (nSPS) is 18.7.